The first-order valence-corrected chi connectivity index (χ1v) is 15.2. The van der Waals surface area contributed by atoms with E-state index < -0.39 is 18.0 Å². The maximum absolute atomic E-state index is 13.0. The summed E-state index contributed by atoms with van der Waals surface area (Å²) in [6, 6.07) is 15.4. The zero-order valence-electron chi connectivity index (χ0n) is 23.8. The summed E-state index contributed by atoms with van der Waals surface area (Å²) in [5.41, 5.74) is 4.50. The fourth-order valence-electron chi connectivity index (χ4n) is 4.60. The van der Waals surface area contributed by atoms with Gasteiger partial charge in [-0.25, -0.2) is 9.29 Å². The molecule has 0 bridgehead atoms. The molecule has 2 N–H and O–H groups in total. The Kier molecular flexibility index (Phi) is 11.1. The number of hydrogen-bond donors (Lipinski definition) is 2. The minimum atomic E-state index is -0.965. The van der Waals surface area contributed by atoms with Crippen LogP contribution >= 0.6 is 23.5 Å². The number of carboxylic acids is 1. The van der Waals surface area contributed by atoms with E-state index in [9.17, 15) is 9.59 Å². The Hall–Kier alpha value is -3.74. The number of ether oxygens (including phenoxy) is 1. The topological polar surface area (TPSA) is 139 Å². The number of hydrogen-bond acceptors (Lipinski definition) is 9. The zero-order chi connectivity index (χ0) is 30.1. The van der Waals surface area contributed by atoms with E-state index in [0.29, 0.717) is 23.2 Å². The highest BCUT2D eigenvalue weighted by molar-refractivity contribution is 7.96. The molecule has 4 rings (SSSR count). The molecule has 2 heterocycles. The van der Waals surface area contributed by atoms with Crippen LogP contribution < -0.4 is 0 Å². The Bertz CT molecular complexity index is 1480. The monoisotopic (exact) mass is 611 g/mol. The van der Waals surface area contributed by atoms with Crippen LogP contribution in [0.25, 0.3) is 22.5 Å². The minimum Gasteiger partial charge on any atom is -0.481 e. The number of nitrogens with one attached hydrogen (secondary N) is 1. The van der Waals surface area contributed by atoms with Gasteiger partial charge in [0.2, 0.25) is 5.82 Å². The van der Waals surface area contributed by atoms with Crippen molar-refractivity contribution >= 4 is 35.5 Å². The van der Waals surface area contributed by atoms with E-state index in [0.717, 1.165) is 47.3 Å². The Labute approximate surface area is 253 Å². The molecule has 0 radical (unpaired) electrons. The molecule has 0 aliphatic carbocycles. The van der Waals surface area contributed by atoms with Crippen molar-refractivity contribution in [1.29, 1.82) is 0 Å². The van der Waals surface area contributed by atoms with E-state index in [4.69, 9.17) is 21.4 Å². The lowest BCUT2D eigenvalue weighted by atomic mass is 9.98. The number of esters is 1. The summed E-state index contributed by atoms with van der Waals surface area (Å²) in [6.45, 7) is 2.53. The molecule has 42 heavy (non-hydrogen) atoms. The minimum absolute atomic E-state index is 0.0707. The number of aliphatic carboxylic acids is 1. The van der Waals surface area contributed by atoms with Gasteiger partial charge in [0.15, 0.2) is 5.15 Å². The van der Waals surface area contributed by atoms with Crippen molar-refractivity contribution in [2.24, 2.45) is 0 Å². The van der Waals surface area contributed by atoms with E-state index in [-0.39, 0.29) is 19.4 Å². The number of likely N-dealkylation sites (N-methyl/N-ethyl adjacent to an activating group) is 1. The molecule has 4 aromatic rings. The number of halogens is 1. The largest absolute Gasteiger partial charge is 0.481 e. The zero-order valence-corrected chi connectivity index (χ0v) is 25.4. The van der Waals surface area contributed by atoms with Gasteiger partial charge in [-0.2, -0.15) is 5.21 Å². The number of aryl methyl sites for hydroxylation is 1. The van der Waals surface area contributed by atoms with Crippen LogP contribution in [0.5, 0.6) is 0 Å². The number of aromatic nitrogens is 6. The van der Waals surface area contributed by atoms with Crippen LogP contribution in [0, 0.1) is 0 Å². The number of carbonyl (C=O) groups excluding carboxylic acids is 1. The number of unbranched alkanes of at least 4 members (excludes halogenated alkanes) is 1. The number of carbonyl (C=O) groups is 2. The molecule has 13 heteroatoms. The van der Waals surface area contributed by atoms with Crippen LogP contribution in [0.2, 0.25) is 5.15 Å². The number of benzene rings is 2. The molecule has 11 nitrogen and oxygen atoms in total. The maximum atomic E-state index is 13.0. The highest BCUT2D eigenvalue weighted by Crippen LogP contribution is 2.30. The third-order valence-electron chi connectivity index (χ3n) is 6.96. The predicted octanol–water partition coefficient (Wildman–Crippen LogP) is 5.26. The smallest absolute Gasteiger partial charge is 0.324 e. The van der Waals surface area contributed by atoms with E-state index in [1.807, 2.05) is 59.4 Å². The van der Waals surface area contributed by atoms with Crippen molar-refractivity contribution in [1.82, 2.24) is 34.5 Å². The van der Waals surface area contributed by atoms with E-state index in [1.165, 1.54) is 11.9 Å². The normalized spacial score (nSPS) is 12.0. The standard InChI is InChI=1S/C29H34ClN7O4S/c1-4-5-10-25-31-27(30)24(18-41-29(40)23(36(2)42-3)15-16-26(38)39)37(25)17-19-11-13-20(14-12-19)21-8-6-7-9-22(21)28-32-34-35-33-28/h6-9,11-14,23H,4-5,10,15-18H2,1-3H3,(H,38,39)(H,32,33,34,35)/t23-/m1/s1. The summed E-state index contributed by atoms with van der Waals surface area (Å²) in [6.07, 6.45) is 4.49. The molecule has 0 saturated heterocycles. The fraction of sp³-hybridized carbons (Fsp3) is 0.379. The Morgan fingerprint density at radius 2 is 1.90 bits per heavy atom. The molecule has 0 fully saturated rings. The number of tetrazole rings is 1. The van der Waals surface area contributed by atoms with Crippen molar-refractivity contribution in [3.05, 3.63) is 70.8 Å². The van der Waals surface area contributed by atoms with Gasteiger partial charge in [0.05, 0.1) is 5.69 Å². The first kappa shape index (κ1) is 31.2. The second kappa shape index (κ2) is 14.9. The van der Waals surface area contributed by atoms with Crippen molar-refractivity contribution in [2.45, 2.75) is 58.2 Å². The van der Waals surface area contributed by atoms with Gasteiger partial charge in [-0.3, -0.25) is 9.59 Å². The number of imidazole rings is 1. The molecule has 0 aliphatic rings. The molecule has 2 aromatic carbocycles. The summed E-state index contributed by atoms with van der Waals surface area (Å²) >= 11 is 7.93. The summed E-state index contributed by atoms with van der Waals surface area (Å²) in [4.78, 5) is 28.7. The highest BCUT2D eigenvalue weighted by Gasteiger charge is 2.27. The number of nitrogens with zero attached hydrogens (tertiary/aromatic N) is 6. The van der Waals surface area contributed by atoms with Gasteiger partial charge in [-0.05, 0) is 48.0 Å². The lowest BCUT2D eigenvalue weighted by molar-refractivity contribution is -0.149. The molecular formula is C29H34ClN7O4S. The average molecular weight is 612 g/mol. The van der Waals surface area contributed by atoms with Gasteiger partial charge >= 0.3 is 11.9 Å². The average Bonchev–Trinajstić information content (AvgIpc) is 3.63. The fourth-order valence-corrected chi connectivity index (χ4v) is 5.30. The Balaban J connectivity index is 1.56. The van der Waals surface area contributed by atoms with Gasteiger partial charge in [0.25, 0.3) is 0 Å². The van der Waals surface area contributed by atoms with E-state index >= 15 is 0 Å². The molecule has 0 amide bonds. The first-order valence-electron chi connectivity index (χ1n) is 13.6. The Morgan fingerprint density at radius 3 is 2.55 bits per heavy atom. The molecule has 2 aromatic heterocycles. The lowest BCUT2D eigenvalue weighted by Crippen LogP contribution is -2.36. The van der Waals surface area contributed by atoms with Crippen LogP contribution in [-0.4, -0.2) is 70.9 Å². The quantitative estimate of drug-likeness (QED) is 0.135. The third kappa shape index (κ3) is 7.75. The highest BCUT2D eigenvalue weighted by atomic mass is 35.5. The van der Waals surface area contributed by atoms with Gasteiger partial charge in [0, 0.05) is 24.9 Å². The number of aromatic amines is 1. The maximum Gasteiger partial charge on any atom is 0.324 e. The molecule has 222 valence electrons. The van der Waals surface area contributed by atoms with Crippen LogP contribution in [0.1, 0.15) is 49.7 Å². The second-order valence-electron chi connectivity index (χ2n) is 9.72. The summed E-state index contributed by atoms with van der Waals surface area (Å²) < 4.78 is 9.41. The molecule has 0 saturated carbocycles. The lowest BCUT2D eigenvalue weighted by Gasteiger charge is -2.23. The predicted molar refractivity (Wildman–Crippen MR) is 162 cm³/mol. The summed E-state index contributed by atoms with van der Waals surface area (Å²) in [7, 11) is 1.74. The summed E-state index contributed by atoms with van der Waals surface area (Å²) in [5, 5.41) is 23.9. The molecule has 0 spiro atoms. The van der Waals surface area contributed by atoms with E-state index in [1.54, 1.807) is 11.4 Å². The number of H-pyrrole nitrogens is 1. The molecule has 1 atom stereocenters. The van der Waals surface area contributed by atoms with Crippen LogP contribution in [0.3, 0.4) is 0 Å². The van der Waals surface area contributed by atoms with Crippen molar-refractivity contribution < 1.29 is 19.4 Å². The number of rotatable bonds is 15. The molecule has 0 aliphatic heterocycles. The van der Waals surface area contributed by atoms with Gasteiger partial charge in [-0.15, -0.1) is 10.2 Å². The Morgan fingerprint density at radius 1 is 1.17 bits per heavy atom. The van der Waals surface area contributed by atoms with Crippen LogP contribution in [0.4, 0.5) is 0 Å². The SMILES string of the molecule is CCCCc1nc(Cl)c(COC(=O)[C@@H](CCC(=O)O)N(C)SC)n1Cc1ccc(-c2ccccc2-c2nn[nH]n2)cc1. The van der Waals surface area contributed by atoms with Crippen molar-refractivity contribution in [3.63, 3.8) is 0 Å². The van der Waals surface area contributed by atoms with Gasteiger partial charge in [0.1, 0.15) is 18.5 Å². The molecular weight excluding hydrogens is 578 g/mol. The second-order valence-corrected chi connectivity index (χ2v) is 11.0. The van der Waals surface area contributed by atoms with Gasteiger partial charge in [-0.1, -0.05) is 85.4 Å². The first-order chi connectivity index (χ1) is 20.3. The van der Waals surface area contributed by atoms with Crippen LogP contribution in [-0.2, 0) is 33.9 Å². The van der Waals surface area contributed by atoms with Gasteiger partial charge < -0.3 is 14.4 Å². The van der Waals surface area contributed by atoms with E-state index in [2.05, 4.69) is 32.5 Å². The van der Waals surface area contributed by atoms with Crippen LogP contribution in [0.15, 0.2) is 48.5 Å². The number of carboxylic acid groups (broad SMARTS) is 1. The van der Waals surface area contributed by atoms with Crippen molar-refractivity contribution in [2.75, 3.05) is 13.3 Å². The van der Waals surface area contributed by atoms with Crippen molar-refractivity contribution in [3.8, 4) is 22.5 Å². The summed E-state index contributed by atoms with van der Waals surface area (Å²) in [5.74, 6) is -0.121. The third-order valence-corrected chi connectivity index (χ3v) is 8.09. The molecule has 0 unspecified atom stereocenters.